The van der Waals surface area contributed by atoms with Crippen molar-refractivity contribution in [3.63, 3.8) is 0 Å². The molecule has 14 atom stereocenters. The quantitative estimate of drug-likeness (QED) is 0.407. The molecule has 0 aromatic rings. The van der Waals surface area contributed by atoms with Gasteiger partial charge in [-0.25, -0.2) is 0 Å². The average molecular weight is 557 g/mol. The van der Waals surface area contributed by atoms with E-state index in [1.54, 1.807) is 21.3 Å². The van der Waals surface area contributed by atoms with Crippen LogP contribution in [0.1, 0.15) is 53.4 Å². The minimum atomic E-state index is -1.54. The Morgan fingerprint density at radius 3 is 2.08 bits per heavy atom. The molecule has 0 aromatic carbocycles. The maximum absolute atomic E-state index is 13.1. The molecule has 0 saturated heterocycles. The van der Waals surface area contributed by atoms with Crippen LogP contribution in [0, 0.1) is 41.4 Å². The highest BCUT2D eigenvalue weighted by molar-refractivity contribution is 5.66. The number of methoxy groups -OCH3 is 4. The highest BCUT2D eigenvalue weighted by Gasteiger charge is 2.77. The Balaban J connectivity index is 1.99. The minimum absolute atomic E-state index is 0.143. The lowest BCUT2D eigenvalue weighted by Crippen LogP contribution is -2.72. The molecule has 1 unspecified atom stereocenters. The maximum Gasteiger partial charge on any atom is 0.303 e. The van der Waals surface area contributed by atoms with Crippen molar-refractivity contribution in [3.8, 4) is 0 Å². The first-order valence-corrected chi connectivity index (χ1v) is 14.3. The van der Waals surface area contributed by atoms with Crippen LogP contribution in [0.2, 0.25) is 0 Å². The predicted molar refractivity (Wildman–Crippen MR) is 140 cm³/mol. The summed E-state index contributed by atoms with van der Waals surface area (Å²) in [6.07, 6.45) is -1.10. The molecular formula is C29H48O10. The van der Waals surface area contributed by atoms with E-state index in [-0.39, 0.29) is 41.7 Å². The Labute approximate surface area is 232 Å². The number of ether oxygens (including phenoxy) is 6. The third-order valence-electron chi connectivity index (χ3n) is 10.7. The van der Waals surface area contributed by atoms with Gasteiger partial charge in [0, 0.05) is 66.5 Å². The second-order valence-corrected chi connectivity index (χ2v) is 12.3. The molecule has 0 spiro atoms. The van der Waals surface area contributed by atoms with Gasteiger partial charge in [-0.05, 0) is 36.5 Å². The number of aliphatic hydroxyl groups is 2. The summed E-state index contributed by atoms with van der Waals surface area (Å²) in [7, 11) is 6.43. The molecule has 10 heteroatoms. The molecule has 2 N–H and O–H groups in total. The zero-order chi connectivity index (χ0) is 28.9. The molecule has 0 radical (unpaired) electrons. The van der Waals surface area contributed by atoms with Crippen LogP contribution >= 0.6 is 0 Å². The predicted octanol–water partition coefficient (Wildman–Crippen LogP) is 1.97. The van der Waals surface area contributed by atoms with E-state index < -0.39 is 53.4 Å². The molecule has 4 saturated carbocycles. The van der Waals surface area contributed by atoms with Crippen molar-refractivity contribution in [2.45, 2.75) is 95.1 Å². The fraction of sp³-hybridized carbons (Fsp3) is 0.931. The van der Waals surface area contributed by atoms with E-state index in [2.05, 4.69) is 6.92 Å². The van der Waals surface area contributed by atoms with Crippen LogP contribution < -0.4 is 0 Å². The number of fused-ring (bicyclic) bond motifs is 3. The summed E-state index contributed by atoms with van der Waals surface area (Å²) in [4.78, 5) is 24.6. The molecule has 0 aliphatic heterocycles. The first-order chi connectivity index (χ1) is 18.5. The number of carbonyl (C=O) groups excluding carboxylic acids is 2. The van der Waals surface area contributed by atoms with E-state index in [9.17, 15) is 19.8 Å². The van der Waals surface area contributed by atoms with Gasteiger partial charge >= 0.3 is 11.9 Å². The van der Waals surface area contributed by atoms with Crippen molar-refractivity contribution in [1.82, 2.24) is 0 Å². The van der Waals surface area contributed by atoms with Crippen molar-refractivity contribution in [2.75, 3.05) is 35.0 Å². The van der Waals surface area contributed by atoms with Crippen LogP contribution in [-0.4, -0.2) is 98.9 Å². The van der Waals surface area contributed by atoms with E-state index in [1.165, 1.54) is 21.0 Å². The summed E-state index contributed by atoms with van der Waals surface area (Å²) in [5, 5.41) is 25.3. The molecule has 4 aliphatic rings. The zero-order valence-electron chi connectivity index (χ0n) is 24.6. The van der Waals surface area contributed by atoms with Gasteiger partial charge in [0.2, 0.25) is 0 Å². The van der Waals surface area contributed by atoms with Crippen molar-refractivity contribution < 1.29 is 48.2 Å². The van der Waals surface area contributed by atoms with Crippen LogP contribution in [0.25, 0.3) is 0 Å². The van der Waals surface area contributed by atoms with Crippen molar-refractivity contribution in [2.24, 2.45) is 41.4 Å². The molecule has 4 aliphatic carbocycles. The van der Waals surface area contributed by atoms with Gasteiger partial charge in [0.1, 0.15) is 17.8 Å². The van der Waals surface area contributed by atoms with Crippen molar-refractivity contribution >= 4 is 11.9 Å². The number of esters is 2. The normalized spacial score (nSPS) is 48.7. The SMILES string of the molecule is CCC[C@@H]1[C@H](OC)[C@H]2C([C@@H](OC)C[C@@H](OC(C)=O)[C@@H]2COC)[C@@H]2C[C@@]3(O)[C@H](C)[C@@H]2[C@]1(O)[C@@H](OC(C)=O)[C@@H]3OC. The highest BCUT2D eigenvalue weighted by Crippen LogP contribution is 2.67. The van der Waals surface area contributed by atoms with Gasteiger partial charge in [-0.15, -0.1) is 0 Å². The Morgan fingerprint density at radius 2 is 1.56 bits per heavy atom. The van der Waals surface area contributed by atoms with Crippen LogP contribution in [0.15, 0.2) is 0 Å². The van der Waals surface area contributed by atoms with E-state index in [0.29, 0.717) is 25.9 Å². The van der Waals surface area contributed by atoms with E-state index in [4.69, 9.17) is 28.4 Å². The summed E-state index contributed by atoms with van der Waals surface area (Å²) in [5.41, 5.74) is -2.86. The molecule has 4 rings (SSSR count). The molecule has 10 nitrogen and oxygen atoms in total. The van der Waals surface area contributed by atoms with Gasteiger partial charge in [0.05, 0.1) is 24.4 Å². The monoisotopic (exact) mass is 556 g/mol. The maximum atomic E-state index is 13.1. The van der Waals surface area contributed by atoms with E-state index in [0.717, 1.165) is 6.42 Å². The molecule has 0 heterocycles. The van der Waals surface area contributed by atoms with Gasteiger partial charge < -0.3 is 38.6 Å². The first-order valence-electron chi connectivity index (χ1n) is 14.3. The number of hydrogen-bond acceptors (Lipinski definition) is 10. The Bertz CT molecular complexity index is 897. The fourth-order valence-corrected chi connectivity index (χ4v) is 9.62. The topological polar surface area (TPSA) is 130 Å². The van der Waals surface area contributed by atoms with Crippen molar-refractivity contribution in [3.05, 3.63) is 0 Å². The van der Waals surface area contributed by atoms with Crippen LogP contribution in [-0.2, 0) is 38.0 Å². The lowest BCUT2D eigenvalue weighted by molar-refractivity contribution is -0.283. The lowest BCUT2D eigenvalue weighted by Gasteiger charge is -2.57. The third kappa shape index (κ3) is 4.63. The summed E-state index contributed by atoms with van der Waals surface area (Å²) in [5.74, 6) is -2.92. The first kappa shape index (κ1) is 30.7. The number of hydrogen-bond donors (Lipinski definition) is 2. The summed E-state index contributed by atoms with van der Waals surface area (Å²) >= 11 is 0. The van der Waals surface area contributed by atoms with Crippen LogP contribution in [0.3, 0.4) is 0 Å². The smallest absolute Gasteiger partial charge is 0.303 e. The molecule has 0 amide bonds. The molecule has 224 valence electrons. The summed E-state index contributed by atoms with van der Waals surface area (Å²) in [6, 6.07) is 0. The Hall–Kier alpha value is -1.30. The zero-order valence-corrected chi connectivity index (χ0v) is 24.6. The molecule has 39 heavy (non-hydrogen) atoms. The van der Waals surface area contributed by atoms with E-state index in [1.807, 2.05) is 6.92 Å². The standard InChI is InChI=1S/C29H48O10/c1-9-10-19-25(36-7)23-18(13-34-5)20(38-15(3)30)11-21(35-6)22(23)17-12-28(32)14(2)24(17)29(19,33)27(26(28)37-8)39-16(4)31/h14,17-27,32-33H,9-13H2,1-8H3/t14-,17+,18+,19-,20-,21+,22?,23-,24+,25+,26+,27+,28-,29+/m1/s1. The second-order valence-electron chi connectivity index (χ2n) is 12.3. The molecule has 0 aromatic heterocycles. The van der Waals surface area contributed by atoms with Gasteiger partial charge in [0.15, 0.2) is 6.10 Å². The number of rotatable bonds is 9. The van der Waals surface area contributed by atoms with Crippen LogP contribution in [0.5, 0.6) is 0 Å². The second kappa shape index (κ2) is 11.5. The van der Waals surface area contributed by atoms with Crippen LogP contribution in [0.4, 0.5) is 0 Å². The van der Waals surface area contributed by atoms with Crippen molar-refractivity contribution in [1.29, 1.82) is 0 Å². The van der Waals surface area contributed by atoms with Gasteiger partial charge in [0.25, 0.3) is 0 Å². The molecule has 4 fully saturated rings. The summed E-state index contributed by atoms with van der Waals surface area (Å²) < 4.78 is 35.8. The minimum Gasteiger partial charge on any atom is -0.462 e. The fourth-order valence-electron chi connectivity index (χ4n) is 9.62. The third-order valence-corrected chi connectivity index (χ3v) is 10.7. The average Bonchev–Trinajstić information content (AvgIpc) is 3.05. The molecule has 2 bridgehead atoms. The highest BCUT2D eigenvalue weighted by atomic mass is 16.6. The Kier molecular flexibility index (Phi) is 9.06. The largest absolute Gasteiger partial charge is 0.462 e. The van der Waals surface area contributed by atoms with E-state index >= 15 is 0 Å². The Morgan fingerprint density at radius 1 is 0.897 bits per heavy atom. The van der Waals surface area contributed by atoms with Gasteiger partial charge in [-0.2, -0.15) is 0 Å². The lowest BCUT2D eigenvalue weighted by atomic mass is 9.58. The summed E-state index contributed by atoms with van der Waals surface area (Å²) in [6.45, 7) is 7.07. The van der Waals surface area contributed by atoms with Gasteiger partial charge in [-0.3, -0.25) is 9.59 Å². The number of carbonyl (C=O) groups is 2. The van der Waals surface area contributed by atoms with Gasteiger partial charge in [-0.1, -0.05) is 20.3 Å². The molecular weight excluding hydrogens is 508 g/mol.